The zero-order valence-electron chi connectivity index (χ0n) is 13.9. The minimum Gasteiger partial charge on any atom is -0.355 e. The smallest absolute Gasteiger partial charge is 0.345 e. The normalized spacial score (nSPS) is 17.1. The second kappa shape index (κ2) is 7.61. The van der Waals surface area contributed by atoms with Gasteiger partial charge in [-0.25, -0.2) is 0 Å². The van der Waals surface area contributed by atoms with Crippen LogP contribution < -0.4 is 5.32 Å². The fourth-order valence-corrected chi connectivity index (χ4v) is 2.91. The first-order valence-corrected chi connectivity index (χ1v) is 8.18. The summed E-state index contributed by atoms with van der Waals surface area (Å²) in [5.74, 6) is -0.185. The number of hydrogen-bond donors (Lipinski definition) is 1. The SMILES string of the molecule is Cc1ccc(Nc2ccccc2C(=O)N2CC[C@H](OC(F)F)C2)cc1. The standard InChI is InChI=1S/C19H20F2N2O2/c1-13-6-8-14(9-7-13)22-17-5-3-2-4-16(17)18(24)23-11-10-15(12-23)25-19(20)21/h2-9,15,19,22H,10-12H2,1H3/t15-/m0/s1. The van der Waals surface area contributed by atoms with Crippen LogP contribution in [0.2, 0.25) is 0 Å². The molecule has 0 bridgehead atoms. The average Bonchev–Trinajstić information content (AvgIpc) is 3.04. The van der Waals surface area contributed by atoms with Gasteiger partial charge < -0.3 is 15.0 Å². The van der Waals surface area contributed by atoms with Crippen molar-refractivity contribution in [3.8, 4) is 0 Å². The van der Waals surface area contributed by atoms with Gasteiger partial charge in [-0.3, -0.25) is 4.79 Å². The van der Waals surface area contributed by atoms with Crippen molar-refractivity contribution < 1.29 is 18.3 Å². The van der Waals surface area contributed by atoms with Crippen LogP contribution in [0.4, 0.5) is 20.2 Å². The van der Waals surface area contributed by atoms with Crippen molar-refractivity contribution in [1.82, 2.24) is 4.90 Å². The summed E-state index contributed by atoms with van der Waals surface area (Å²) >= 11 is 0. The van der Waals surface area contributed by atoms with Crippen LogP contribution in [0.3, 0.4) is 0 Å². The van der Waals surface area contributed by atoms with E-state index in [0.29, 0.717) is 24.2 Å². The molecule has 0 radical (unpaired) electrons. The van der Waals surface area contributed by atoms with E-state index in [-0.39, 0.29) is 12.5 Å². The first-order chi connectivity index (χ1) is 12.0. The zero-order valence-corrected chi connectivity index (χ0v) is 13.9. The molecule has 0 aliphatic carbocycles. The number of ether oxygens (including phenoxy) is 1. The number of hydrogen-bond acceptors (Lipinski definition) is 3. The molecule has 1 atom stereocenters. The van der Waals surface area contributed by atoms with E-state index < -0.39 is 12.7 Å². The molecule has 6 heteroatoms. The molecule has 2 aromatic rings. The Labute approximate surface area is 145 Å². The van der Waals surface area contributed by atoms with E-state index in [9.17, 15) is 13.6 Å². The molecule has 3 rings (SSSR count). The summed E-state index contributed by atoms with van der Waals surface area (Å²) in [5, 5.41) is 3.25. The molecule has 1 heterocycles. The van der Waals surface area contributed by atoms with Crippen LogP contribution in [0.25, 0.3) is 0 Å². The molecule has 2 aromatic carbocycles. The summed E-state index contributed by atoms with van der Waals surface area (Å²) in [6, 6.07) is 15.1. The molecule has 1 fully saturated rings. The number of rotatable bonds is 5. The predicted octanol–water partition coefficient (Wildman–Crippen LogP) is 4.19. The number of carbonyl (C=O) groups excluding carboxylic acids is 1. The third kappa shape index (κ3) is 4.33. The summed E-state index contributed by atoms with van der Waals surface area (Å²) in [7, 11) is 0. The maximum Gasteiger partial charge on any atom is 0.345 e. The van der Waals surface area contributed by atoms with Gasteiger partial charge in [0, 0.05) is 18.8 Å². The van der Waals surface area contributed by atoms with Crippen LogP contribution >= 0.6 is 0 Å². The van der Waals surface area contributed by atoms with Gasteiger partial charge in [-0.15, -0.1) is 0 Å². The molecule has 0 unspecified atom stereocenters. The third-order valence-electron chi connectivity index (χ3n) is 4.22. The van der Waals surface area contributed by atoms with Gasteiger partial charge in [0.15, 0.2) is 0 Å². The van der Waals surface area contributed by atoms with Gasteiger partial charge in [0.2, 0.25) is 0 Å². The minimum atomic E-state index is -2.81. The van der Waals surface area contributed by atoms with Crippen LogP contribution in [0.15, 0.2) is 48.5 Å². The van der Waals surface area contributed by atoms with E-state index in [1.807, 2.05) is 43.3 Å². The third-order valence-corrected chi connectivity index (χ3v) is 4.22. The largest absolute Gasteiger partial charge is 0.355 e. The van der Waals surface area contributed by atoms with Crippen LogP contribution in [0.1, 0.15) is 22.3 Å². The maximum atomic E-state index is 12.8. The van der Waals surface area contributed by atoms with Crippen molar-refractivity contribution >= 4 is 17.3 Å². The molecule has 1 amide bonds. The number of para-hydroxylation sites is 1. The van der Waals surface area contributed by atoms with E-state index in [4.69, 9.17) is 0 Å². The van der Waals surface area contributed by atoms with Crippen molar-refractivity contribution in [3.05, 3.63) is 59.7 Å². The second-order valence-corrected chi connectivity index (χ2v) is 6.10. The van der Waals surface area contributed by atoms with Crippen molar-refractivity contribution in [2.24, 2.45) is 0 Å². The lowest BCUT2D eigenvalue weighted by Gasteiger charge is -2.19. The molecule has 4 nitrogen and oxygen atoms in total. The van der Waals surface area contributed by atoms with Gasteiger partial charge in [-0.2, -0.15) is 8.78 Å². The van der Waals surface area contributed by atoms with E-state index in [1.54, 1.807) is 17.0 Å². The fraction of sp³-hybridized carbons (Fsp3) is 0.316. The number of carbonyl (C=O) groups is 1. The second-order valence-electron chi connectivity index (χ2n) is 6.10. The number of likely N-dealkylation sites (tertiary alicyclic amines) is 1. The van der Waals surface area contributed by atoms with Gasteiger partial charge in [0.1, 0.15) is 0 Å². The molecule has 1 N–H and O–H groups in total. The molecule has 1 aliphatic rings. The van der Waals surface area contributed by atoms with Gasteiger partial charge in [0.05, 0.1) is 17.4 Å². The lowest BCUT2D eigenvalue weighted by atomic mass is 10.1. The number of nitrogens with one attached hydrogen (secondary N) is 1. The number of alkyl halides is 2. The van der Waals surface area contributed by atoms with Gasteiger partial charge in [-0.05, 0) is 37.6 Å². The Balaban J connectivity index is 1.74. The van der Waals surface area contributed by atoms with E-state index in [2.05, 4.69) is 10.1 Å². The molecule has 1 saturated heterocycles. The van der Waals surface area contributed by atoms with E-state index in [0.717, 1.165) is 11.3 Å². The van der Waals surface area contributed by atoms with Crippen LogP contribution in [0, 0.1) is 6.92 Å². The Bertz CT molecular complexity index is 734. The Kier molecular flexibility index (Phi) is 5.28. The molecular weight excluding hydrogens is 326 g/mol. The molecule has 132 valence electrons. The number of amides is 1. The fourth-order valence-electron chi connectivity index (χ4n) is 2.91. The Morgan fingerprint density at radius 3 is 2.64 bits per heavy atom. The Morgan fingerprint density at radius 2 is 1.92 bits per heavy atom. The number of anilines is 2. The Hall–Kier alpha value is -2.47. The first kappa shape index (κ1) is 17.4. The van der Waals surface area contributed by atoms with Crippen molar-refractivity contribution in [3.63, 3.8) is 0 Å². The first-order valence-electron chi connectivity index (χ1n) is 8.18. The molecular formula is C19H20F2N2O2. The van der Waals surface area contributed by atoms with Crippen LogP contribution in [-0.2, 0) is 4.74 Å². The highest BCUT2D eigenvalue weighted by atomic mass is 19.3. The van der Waals surface area contributed by atoms with Gasteiger partial charge in [0.25, 0.3) is 5.91 Å². The summed E-state index contributed by atoms with van der Waals surface area (Å²) in [6.07, 6.45) is -0.190. The zero-order chi connectivity index (χ0) is 17.8. The summed E-state index contributed by atoms with van der Waals surface area (Å²) in [4.78, 5) is 14.3. The van der Waals surface area contributed by atoms with E-state index in [1.165, 1.54) is 0 Å². The molecule has 0 aromatic heterocycles. The molecule has 25 heavy (non-hydrogen) atoms. The summed E-state index contributed by atoms with van der Waals surface area (Å²) in [6.45, 7) is -0.209. The number of aryl methyl sites for hydroxylation is 1. The monoisotopic (exact) mass is 346 g/mol. The van der Waals surface area contributed by atoms with Gasteiger partial charge in [-0.1, -0.05) is 29.8 Å². The summed E-state index contributed by atoms with van der Waals surface area (Å²) < 4.78 is 29.2. The average molecular weight is 346 g/mol. The minimum absolute atomic E-state index is 0.183. The van der Waals surface area contributed by atoms with Crippen LogP contribution in [-0.4, -0.2) is 36.6 Å². The topological polar surface area (TPSA) is 41.6 Å². The van der Waals surface area contributed by atoms with Crippen molar-refractivity contribution in [2.45, 2.75) is 26.1 Å². The lowest BCUT2D eigenvalue weighted by Crippen LogP contribution is -2.31. The molecule has 0 saturated carbocycles. The molecule has 0 spiro atoms. The lowest BCUT2D eigenvalue weighted by molar-refractivity contribution is -0.158. The quantitative estimate of drug-likeness (QED) is 0.882. The predicted molar refractivity (Wildman–Crippen MR) is 92.3 cm³/mol. The van der Waals surface area contributed by atoms with Crippen molar-refractivity contribution in [2.75, 3.05) is 18.4 Å². The number of halogens is 2. The van der Waals surface area contributed by atoms with Crippen LogP contribution in [0.5, 0.6) is 0 Å². The Morgan fingerprint density at radius 1 is 1.20 bits per heavy atom. The van der Waals surface area contributed by atoms with Crippen molar-refractivity contribution in [1.29, 1.82) is 0 Å². The summed E-state index contributed by atoms with van der Waals surface area (Å²) in [5.41, 5.74) is 3.23. The van der Waals surface area contributed by atoms with E-state index >= 15 is 0 Å². The number of nitrogens with zero attached hydrogens (tertiary/aromatic N) is 1. The maximum absolute atomic E-state index is 12.8. The molecule has 1 aliphatic heterocycles. The number of benzene rings is 2. The van der Waals surface area contributed by atoms with Gasteiger partial charge >= 0.3 is 6.61 Å². The highest BCUT2D eigenvalue weighted by Gasteiger charge is 2.30. The highest BCUT2D eigenvalue weighted by Crippen LogP contribution is 2.25. The highest BCUT2D eigenvalue weighted by molar-refractivity contribution is 6.00.